The molecule has 1 aromatic rings. The van der Waals surface area contributed by atoms with Gasteiger partial charge in [-0.25, -0.2) is 0 Å². The SMILES string of the molecule is Cc1nsc(NCC(C)CN2CCCC2)c1C#N. The summed E-state index contributed by atoms with van der Waals surface area (Å²) in [5.74, 6) is 0.594. The van der Waals surface area contributed by atoms with E-state index in [1.54, 1.807) is 0 Å². The smallest absolute Gasteiger partial charge is 0.127 e. The Morgan fingerprint density at radius 2 is 2.22 bits per heavy atom. The number of likely N-dealkylation sites (tertiary alicyclic amines) is 1. The molecule has 98 valence electrons. The van der Waals surface area contributed by atoms with Crippen LogP contribution in [-0.2, 0) is 0 Å². The maximum absolute atomic E-state index is 9.05. The molecule has 2 heterocycles. The highest BCUT2D eigenvalue weighted by molar-refractivity contribution is 7.10. The molecule has 1 unspecified atom stereocenters. The predicted octanol–water partition coefficient (Wildman–Crippen LogP) is 2.47. The van der Waals surface area contributed by atoms with E-state index in [4.69, 9.17) is 5.26 Å². The topological polar surface area (TPSA) is 52.0 Å². The van der Waals surface area contributed by atoms with E-state index >= 15 is 0 Å². The molecule has 1 atom stereocenters. The monoisotopic (exact) mass is 264 g/mol. The van der Waals surface area contributed by atoms with Crippen LogP contribution >= 0.6 is 11.5 Å². The van der Waals surface area contributed by atoms with E-state index in [9.17, 15) is 0 Å². The van der Waals surface area contributed by atoms with Gasteiger partial charge in [0.05, 0.1) is 5.69 Å². The van der Waals surface area contributed by atoms with Crippen LogP contribution in [0.3, 0.4) is 0 Å². The maximum Gasteiger partial charge on any atom is 0.127 e. The van der Waals surface area contributed by atoms with Gasteiger partial charge in [-0.1, -0.05) is 6.92 Å². The average Bonchev–Trinajstić information content (AvgIpc) is 2.96. The first kappa shape index (κ1) is 13.3. The minimum absolute atomic E-state index is 0.594. The predicted molar refractivity (Wildman–Crippen MR) is 74.9 cm³/mol. The minimum Gasteiger partial charge on any atom is -0.374 e. The highest BCUT2D eigenvalue weighted by Crippen LogP contribution is 2.23. The third kappa shape index (κ3) is 3.21. The number of nitrogens with one attached hydrogen (secondary N) is 1. The van der Waals surface area contributed by atoms with Crippen molar-refractivity contribution in [3.05, 3.63) is 11.3 Å². The lowest BCUT2D eigenvalue weighted by molar-refractivity contribution is 0.294. The van der Waals surface area contributed by atoms with Gasteiger partial charge in [-0.2, -0.15) is 9.64 Å². The van der Waals surface area contributed by atoms with Crippen molar-refractivity contribution in [2.75, 3.05) is 31.5 Å². The molecule has 5 heteroatoms. The molecule has 2 rings (SSSR count). The van der Waals surface area contributed by atoms with Gasteiger partial charge in [0.15, 0.2) is 0 Å². The molecule has 0 saturated carbocycles. The molecule has 0 aliphatic carbocycles. The van der Waals surface area contributed by atoms with Crippen LogP contribution in [0.15, 0.2) is 0 Å². The third-order valence-electron chi connectivity index (χ3n) is 3.35. The van der Waals surface area contributed by atoms with Crippen LogP contribution in [0.5, 0.6) is 0 Å². The number of hydrogen-bond donors (Lipinski definition) is 1. The highest BCUT2D eigenvalue weighted by atomic mass is 32.1. The number of anilines is 1. The zero-order chi connectivity index (χ0) is 13.0. The van der Waals surface area contributed by atoms with Crippen LogP contribution < -0.4 is 5.32 Å². The number of nitriles is 1. The van der Waals surface area contributed by atoms with E-state index < -0.39 is 0 Å². The molecule has 1 saturated heterocycles. The van der Waals surface area contributed by atoms with Crippen molar-refractivity contribution in [1.29, 1.82) is 5.26 Å². The average molecular weight is 264 g/mol. The lowest BCUT2D eigenvalue weighted by atomic mass is 10.1. The Labute approximate surface area is 113 Å². The number of aromatic nitrogens is 1. The first-order chi connectivity index (χ1) is 8.70. The standard InChI is InChI=1S/C13H20N4S/c1-10(9-17-5-3-4-6-17)8-15-13-12(7-14)11(2)16-18-13/h10,15H,3-6,8-9H2,1-2H3. The molecule has 4 nitrogen and oxygen atoms in total. The van der Waals surface area contributed by atoms with E-state index in [2.05, 4.69) is 27.6 Å². The Balaban J connectivity index is 1.81. The fraction of sp³-hybridized carbons (Fsp3) is 0.692. The van der Waals surface area contributed by atoms with Gasteiger partial charge in [0, 0.05) is 13.1 Å². The van der Waals surface area contributed by atoms with Crippen molar-refractivity contribution in [3.63, 3.8) is 0 Å². The first-order valence-electron chi connectivity index (χ1n) is 6.53. The zero-order valence-corrected chi connectivity index (χ0v) is 11.9. The Morgan fingerprint density at radius 3 is 2.89 bits per heavy atom. The summed E-state index contributed by atoms with van der Waals surface area (Å²) in [5, 5.41) is 13.3. The summed E-state index contributed by atoms with van der Waals surface area (Å²) in [7, 11) is 0. The lowest BCUT2D eigenvalue weighted by Crippen LogP contribution is -2.28. The van der Waals surface area contributed by atoms with E-state index in [0.717, 1.165) is 23.8 Å². The molecule has 18 heavy (non-hydrogen) atoms. The Bertz CT molecular complexity index is 429. The summed E-state index contributed by atoms with van der Waals surface area (Å²) in [5.41, 5.74) is 1.53. The van der Waals surface area contributed by atoms with Crippen LogP contribution in [0, 0.1) is 24.2 Å². The van der Waals surface area contributed by atoms with E-state index in [1.165, 1.54) is 37.5 Å². The quantitative estimate of drug-likeness (QED) is 0.887. The second kappa shape index (κ2) is 6.17. The Hall–Kier alpha value is -1.12. The van der Waals surface area contributed by atoms with Crippen LogP contribution in [-0.4, -0.2) is 35.5 Å². The van der Waals surface area contributed by atoms with Crippen LogP contribution in [0.1, 0.15) is 31.0 Å². The van der Waals surface area contributed by atoms with Crippen LogP contribution in [0.25, 0.3) is 0 Å². The van der Waals surface area contributed by atoms with Gasteiger partial charge < -0.3 is 10.2 Å². The normalized spacial score (nSPS) is 17.6. The van der Waals surface area contributed by atoms with Crippen molar-refractivity contribution in [2.24, 2.45) is 5.92 Å². The molecule has 0 radical (unpaired) electrons. The summed E-state index contributed by atoms with van der Waals surface area (Å²) in [6.07, 6.45) is 2.68. The number of nitrogens with zero attached hydrogens (tertiary/aromatic N) is 3. The van der Waals surface area contributed by atoms with Gasteiger partial charge in [0.2, 0.25) is 0 Å². The van der Waals surface area contributed by atoms with Crippen molar-refractivity contribution in [2.45, 2.75) is 26.7 Å². The second-order valence-electron chi connectivity index (χ2n) is 5.08. The van der Waals surface area contributed by atoms with Gasteiger partial charge in [-0.05, 0) is 50.3 Å². The largest absolute Gasteiger partial charge is 0.374 e. The highest BCUT2D eigenvalue weighted by Gasteiger charge is 2.15. The van der Waals surface area contributed by atoms with Crippen LogP contribution in [0.2, 0.25) is 0 Å². The molecule has 1 fully saturated rings. The number of rotatable bonds is 5. The molecule has 1 aliphatic heterocycles. The van der Waals surface area contributed by atoms with E-state index in [-0.39, 0.29) is 0 Å². The minimum atomic E-state index is 0.594. The van der Waals surface area contributed by atoms with Gasteiger partial charge in [-0.3, -0.25) is 0 Å². The van der Waals surface area contributed by atoms with E-state index in [0.29, 0.717) is 11.5 Å². The summed E-state index contributed by atoms with van der Waals surface area (Å²) in [6.45, 7) is 8.68. The molecular weight excluding hydrogens is 244 g/mol. The van der Waals surface area contributed by atoms with Crippen molar-refractivity contribution < 1.29 is 0 Å². The van der Waals surface area contributed by atoms with Gasteiger partial charge in [-0.15, -0.1) is 0 Å². The second-order valence-corrected chi connectivity index (χ2v) is 5.85. The first-order valence-corrected chi connectivity index (χ1v) is 7.30. The van der Waals surface area contributed by atoms with Gasteiger partial charge >= 0.3 is 0 Å². The molecule has 0 aromatic carbocycles. The van der Waals surface area contributed by atoms with Crippen molar-refractivity contribution in [3.8, 4) is 6.07 Å². The Kier molecular flexibility index (Phi) is 4.56. The summed E-state index contributed by atoms with van der Waals surface area (Å²) in [4.78, 5) is 2.52. The van der Waals surface area contributed by atoms with Crippen molar-refractivity contribution >= 4 is 16.5 Å². The molecule has 0 amide bonds. The maximum atomic E-state index is 9.05. The fourth-order valence-electron chi connectivity index (χ4n) is 2.36. The number of aryl methyl sites for hydroxylation is 1. The molecule has 0 bridgehead atoms. The zero-order valence-electron chi connectivity index (χ0n) is 11.1. The molecule has 1 aliphatic rings. The van der Waals surface area contributed by atoms with Gasteiger partial charge in [0.1, 0.15) is 16.6 Å². The molecule has 0 spiro atoms. The summed E-state index contributed by atoms with van der Waals surface area (Å²) in [6, 6.07) is 2.22. The Morgan fingerprint density at radius 1 is 1.50 bits per heavy atom. The van der Waals surface area contributed by atoms with Gasteiger partial charge in [0.25, 0.3) is 0 Å². The number of hydrogen-bond acceptors (Lipinski definition) is 5. The summed E-state index contributed by atoms with van der Waals surface area (Å²) < 4.78 is 4.21. The fourth-order valence-corrected chi connectivity index (χ4v) is 3.11. The summed E-state index contributed by atoms with van der Waals surface area (Å²) >= 11 is 1.39. The third-order valence-corrected chi connectivity index (χ3v) is 4.25. The van der Waals surface area contributed by atoms with E-state index in [1.807, 2.05) is 6.92 Å². The van der Waals surface area contributed by atoms with Crippen LogP contribution in [0.4, 0.5) is 5.00 Å². The molecule has 1 N–H and O–H groups in total. The lowest BCUT2D eigenvalue weighted by Gasteiger charge is -2.20. The van der Waals surface area contributed by atoms with Crippen molar-refractivity contribution in [1.82, 2.24) is 9.27 Å². The molecule has 1 aromatic heterocycles. The molecular formula is C13H20N4S.